The number of likely N-dealkylation sites (N-methyl/N-ethyl adjacent to an activating group) is 1. The zero-order valence-electron chi connectivity index (χ0n) is 12.2. The monoisotopic (exact) mass is 371 g/mol. The van der Waals surface area contributed by atoms with E-state index in [4.69, 9.17) is 11.6 Å². The first-order valence-corrected chi connectivity index (χ1v) is 7.00. The molecule has 1 aliphatic heterocycles. The van der Waals surface area contributed by atoms with E-state index in [1.807, 2.05) is 0 Å². The Balaban J connectivity index is 2.22. The number of nitroso groups, excluding NO2 is 1. The van der Waals surface area contributed by atoms with Crippen molar-refractivity contribution in [2.24, 2.45) is 0 Å². The Kier molecular flexibility index (Phi) is 4.95. The van der Waals surface area contributed by atoms with Gasteiger partial charge < -0.3 is 9.88 Å². The lowest BCUT2D eigenvalue weighted by Crippen LogP contribution is -2.41. The molecule has 1 aliphatic rings. The Hall–Kier alpha value is -2.01. The quantitative estimate of drug-likeness (QED) is 0.374. The predicted octanol–water partition coefficient (Wildman–Crippen LogP) is 1.10. The molecule has 2 heterocycles. The minimum atomic E-state index is -4.74. The minimum Gasteiger partial charge on any atom is -0.323 e. The van der Waals surface area contributed by atoms with Crippen molar-refractivity contribution in [1.82, 2.24) is 9.47 Å². The van der Waals surface area contributed by atoms with Crippen LogP contribution in [-0.2, 0) is 11.3 Å². The SMILES string of the molecule is CN1C(C(=O)Nc2cc(F)c(=O)n(CC(F)(F)F)c2)C[N+](=O)C1Cl. The number of carbonyl (C=O) groups is 1. The lowest BCUT2D eigenvalue weighted by atomic mass is 10.2. The summed E-state index contributed by atoms with van der Waals surface area (Å²) in [7, 11) is 1.41. The highest BCUT2D eigenvalue weighted by molar-refractivity contribution is 6.19. The van der Waals surface area contributed by atoms with Gasteiger partial charge in [-0.2, -0.15) is 13.2 Å². The summed E-state index contributed by atoms with van der Waals surface area (Å²) in [6.07, 6.45) is -4.06. The van der Waals surface area contributed by atoms with Gasteiger partial charge in [0.1, 0.15) is 6.54 Å². The lowest BCUT2D eigenvalue weighted by Gasteiger charge is -2.16. The molecule has 0 aliphatic carbocycles. The summed E-state index contributed by atoms with van der Waals surface area (Å²) in [4.78, 5) is 36.1. The summed E-state index contributed by atoms with van der Waals surface area (Å²) >= 11 is 5.73. The van der Waals surface area contributed by atoms with Crippen molar-refractivity contribution in [1.29, 1.82) is 0 Å². The molecular weight excluding hydrogens is 360 g/mol. The van der Waals surface area contributed by atoms with Gasteiger partial charge in [0.25, 0.3) is 5.56 Å². The normalized spacial score (nSPS) is 22.0. The maximum atomic E-state index is 13.5. The van der Waals surface area contributed by atoms with E-state index in [9.17, 15) is 32.1 Å². The van der Waals surface area contributed by atoms with Gasteiger partial charge in [0.15, 0.2) is 11.9 Å². The number of carbonyl (C=O) groups excluding carboxylic acids is 1. The number of nitrogens with zero attached hydrogens (tertiary/aromatic N) is 3. The van der Waals surface area contributed by atoms with Crippen LogP contribution in [0.3, 0.4) is 0 Å². The molecule has 0 radical (unpaired) electrons. The van der Waals surface area contributed by atoms with Gasteiger partial charge in [0.05, 0.1) is 5.69 Å². The molecule has 132 valence electrons. The molecule has 1 amide bonds. The first-order chi connectivity index (χ1) is 11.0. The molecule has 0 bridgehead atoms. The summed E-state index contributed by atoms with van der Waals surface area (Å²) in [6.45, 7) is -1.96. The first-order valence-electron chi connectivity index (χ1n) is 6.57. The molecule has 0 aromatic carbocycles. The van der Waals surface area contributed by atoms with Gasteiger partial charge in [-0.25, -0.2) is 9.29 Å². The van der Waals surface area contributed by atoms with Crippen LogP contribution >= 0.6 is 11.6 Å². The largest absolute Gasteiger partial charge is 0.406 e. The molecule has 24 heavy (non-hydrogen) atoms. The van der Waals surface area contributed by atoms with Crippen molar-refractivity contribution in [3.05, 3.63) is 33.3 Å². The lowest BCUT2D eigenvalue weighted by molar-refractivity contribution is -0.553. The molecule has 1 aromatic rings. The van der Waals surface area contributed by atoms with Gasteiger partial charge in [0, 0.05) is 21.9 Å². The summed E-state index contributed by atoms with van der Waals surface area (Å²) in [5.74, 6) is -2.21. The maximum Gasteiger partial charge on any atom is 0.406 e. The van der Waals surface area contributed by atoms with E-state index in [-0.39, 0.29) is 16.8 Å². The molecule has 1 N–H and O–H groups in total. The van der Waals surface area contributed by atoms with Gasteiger partial charge in [-0.1, -0.05) is 0 Å². The highest BCUT2D eigenvalue weighted by atomic mass is 35.5. The summed E-state index contributed by atoms with van der Waals surface area (Å²) in [6, 6.07) is -0.370. The molecule has 7 nitrogen and oxygen atoms in total. The Bertz CT molecular complexity index is 736. The summed E-state index contributed by atoms with van der Waals surface area (Å²) in [5, 5.41) is 2.18. The average molecular weight is 372 g/mol. The van der Waals surface area contributed by atoms with Crippen molar-refractivity contribution in [3.8, 4) is 0 Å². The fourth-order valence-electron chi connectivity index (χ4n) is 2.21. The molecule has 1 aromatic heterocycles. The standard InChI is InChI=1S/C12H11ClF4N4O3/c1-19-8(4-21(24)11(19)13)9(22)18-6-2-7(14)10(23)20(3-6)5-12(15,16)17/h2-3,8,11H,4-5H2,1H3/p+1. The topological polar surface area (TPSA) is 74.4 Å². The molecule has 2 unspecified atom stereocenters. The fraction of sp³-hybridized carbons (Fsp3) is 0.500. The van der Waals surface area contributed by atoms with Crippen LogP contribution in [-0.4, -0.2) is 51.6 Å². The van der Waals surface area contributed by atoms with Crippen molar-refractivity contribution in [3.63, 3.8) is 0 Å². The van der Waals surface area contributed by atoms with Crippen LogP contribution in [0.25, 0.3) is 0 Å². The predicted molar refractivity (Wildman–Crippen MR) is 75.0 cm³/mol. The number of hydrogen-bond donors (Lipinski definition) is 1. The molecule has 1 saturated heterocycles. The van der Waals surface area contributed by atoms with Gasteiger partial charge >= 0.3 is 11.8 Å². The third kappa shape index (κ3) is 3.90. The van der Waals surface area contributed by atoms with E-state index in [2.05, 4.69) is 5.32 Å². The van der Waals surface area contributed by atoms with Crippen molar-refractivity contribution in [2.75, 3.05) is 18.9 Å². The number of halogens is 5. The van der Waals surface area contributed by atoms with Crippen LogP contribution in [0.1, 0.15) is 0 Å². The molecule has 0 saturated carbocycles. The number of pyridine rings is 1. The number of aromatic nitrogens is 1. The third-order valence-electron chi connectivity index (χ3n) is 3.38. The third-order valence-corrected chi connectivity index (χ3v) is 3.91. The average Bonchev–Trinajstić information content (AvgIpc) is 2.70. The number of nitrogens with one attached hydrogen (secondary N) is 1. The number of amides is 1. The van der Waals surface area contributed by atoms with Gasteiger partial charge in [-0.3, -0.25) is 9.59 Å². The van der Waals surface area contributed by atoms with Gasteiger partial charge in [0.2, 0.25) is 12.5 Å². The van der Waals surface area contributed by atoms with Crippen LogP contribution in [0.4, 0.5) is 23.2 Å². The highest BCUT2D eigenvalue weighted by Gasteiger charge is 2.47. The Labute approximate surface area is 137 Å². The molecule has 12 heteroatoms. The zero-order valence-corrected chi connectivity index (χ0v) is 12.9. The van der Waals surface area contributed by atoms with Crippen LogP contribution < -0.4 is 10.9 Å². The number of hydrogen-bond acceptors (Lipinski definition) is 4. The smallest absolute Gasteiger partial charge is 0.323 e. The van der Waals surface area contributed by atoms with Gasteiger partial charge in [-0.15, -0.1) is 0 Å². The van der Waals surface area contributed by atoms with E-state index in [0.29, 0.717) is 17.0 Å². The van der Waals surface area contributed by atoms with Crippen LogP contribution in [0.15, 0.2) is 17.1 Å². The minimum absolute atomic E-state index is 0.105. The van der Waals surface area contributed by atoms with E-state index in [1.165, 1.54) is 11.9 Å². The van der Waals surface area contributed by atoms with Crippen molar-refractivity contribution >= 4 is 23.2 Å². The molecule has 0 spiro atoms. The van der Waals surface area contributed by atoms with Crippen molar-refractivity contribution in [2.45, 2.75) is 24.4 Å². The Morgan fingerprint density at radius 3 is 2.62 bits per heavy atom. The second-order valence-electron chi connectivity index (χ2n) is 5.21. The van der Waals surface area contributed by atoms with E-state index >= 15 is 0 Å². The van der Waals surface area contributed by atoms with Crippen LogP contribution in [0.2, 0.25) is 0 Å². The number of alkyl halides is 4. The van der Waals surface area contributed by atoms with E-state index in [0.717, 1.165) is 0 Å². The second kappa shape index (κ2) is 6.48. The maximum absolute atomic E-state index is 13.5. The summed E-state index contributed by atoms with van der Waals surface area (Å²) < 4.78 is 51.2. The Morgan fingerprint density at radius 2 is 2.12 bits per heavy atom. The fourth-order valence-corrected chi connectivity index (χ4v) is 2.43. The first kappa shape index (κ1) is 18.3. The van der Waals surface area contributed by atoms with E-state index < -0.39 is 41.7 Å². The molecule has 1 fully saturated rings. The highest BCUT2D eigenvalue weighted by Crippen LogP contribution is 2.20. The number of anilines is 1. The number of rotatable bonds is 3. The van der Waals surface area contributed by atoms with Crippen LogP contribution in [0, 0.1) is 10.7 Å². The summed E-state index contributed by atoms with van der Waals surface area (Å²) in [5.41, 5.74) is -2.88. The van der Waals surface area contributed by atoms with Crippen LogP contribution in [0.5, 0.6) is 0 Å². The zero-order chi connectivity index (χ0) is 18.2. The van der Waals surface area contributed by atoms with Crippen molar-refractivity contribution < 1.29 is 27.1 Å². The Morgan fingerprint density at radius 1 is 1.50 bits per heavy atom. The molecule has 2 rings (SSSR count). The van der Waals surface area contributed by atoms with Gasteiger partial charge in [-0.05, 0) is 18.6 Å². The molecule has 2 atom stereocenters. The second-order valence-corrected chi connectivity index (χ2v) is 5.60. The van der Waals surface area contributed by atoms with E-state index in [1.54, 1.807) is 0 Å². The molecular formula is C12H12ClF4N4O3+.